The van der Waals surface area contributed by atoms with Crippen LogP contribution in [0.15, 0.2) is 6.07 Å². The van der Waals surface area contributed by atoms with Crippen LogP contribution in [0.3, 0.4) is 0 Å². The third-order valence-electron chi connectivity index (χ3n) is 2.66. The molecule has 2 N–H and O–H groups in total. The molecule has 0 unspecified atom stereocenters. The molecule has 0 aromatic carbocycles. The lowest BCUT2D eigenvalue weighted by molar-refractivity contribution is 0.395. The summed E-state index contributed by atoms with van der Waals surface area (Å²) in [7, 11) is 1.62. The van der Waals surface area contributed by atoms with Gasteiger partial charge in [-0.05, 0) is 19.8 Å². The predicted molar refractivity (Wildman–Crippen MR) is 62.7 cm³/mol. The van der Waals surface area contributed by atoms with Gasteiger partial charge in [0.25, 0.3) is 0 Å². The van der Waals surface area contributed by atoms with Gasteiger partial charge in [-0.3, -0.25) is 0 Å². The first-order valence-corrected chi connectivity index (χ1v) is 5.61. The van der Waals surface area contributed by atoms with Gasteiger partial charge in [0, 0.05) is 25.2 Å². The molecule has 0 bridgehead atoms. The highest BCUT2D eigenvalue weighted by Crippen LogP contribution is 2.31. The lowest BCUT2D eigenvalue weighted by Crippen LogP contribution is -2.32. The van der Waals surface area contributed by atoms with Gasteiger partial charge in [-0.25, -0.2) is 4.98 Å². The summed E-state index contributed by atoms with van der Waals surface area (Å²) in [5.74, 6) is 2.28. The molecule has 1 aliphatic rings. The highest BCUT2D eigenvalue weighted by Gasteiger charge is 2.29. The maximum Gasteiger partial charge on any atom is 0.218 e. The molecule has 1 aromatic heterocycles. The number of hydrogen-bond acceptors (Lipinski definition) is 5. The van der Waals surface area contributed by atoms with E-state index >= 15 is 0 Å². The molecule has 0 atom stereocenters. The van der Waals surface area contributed by atoms with Crippen LogP contribution >= 0.6 is 0 Å². The number of nitrogens with two attached hydrogens (primary N) is 1. The third kappa shape index (κ3) is 2.41. The van der Waals surface area contributed by atoms with Crippen LogP contribution in [0, 0.1) is 6.92 Å². The summed E-state index contributed by atoms with van der Waals surface area (Å²) < 4.78 is 5.16. The van der Waals surface area contributed by atoms with Crippen LogP contribution in [0.2, 0.25) is 0 Å². The molecule has 0 radical (unpaired) electrons. The number of aromatic nitrogens is 2. The topological polar surface area (TPSA) is 64.3 Å². The van der Waals surface area contributed by atoms with E-state index in [1.165, 1.54) is 12.8 Å². The molecule has 1 saturated carbocycles. The molecular weight excluding hydrogens is 204 g/mol. The Morgan fingerprint density at radius 3 is 2.81 bits per heavy atom. The van der Waals surface area contributed by atoms with E-state index < -0.39 is 0 Å². The molecule has 0 amide bonds. The zero-order valence-corrected chi connectivity index (χ0v) is 9.81. The Kier molecular flexibility index (Phi) is 3.24. The summed E-state index contributed by atoms with van der Waals surface area (Å²) in [5, 5.41) is 0. The van der Waals surface area contributed by atoms with Gasteiger partial charge in [0.1, 0.15) is 11.6 Å². The van der Waals surface area contributed by atoms with Crippen molar-refractivity contribution in [2.24, 2.45) is 5.73 Å². The van der Waals surface area contributed by atoms with Gasteiger partial charge in [0.15, 0.2) is 0 Å². The molecule has 1 fully saturated rings. The van der Waals surface area contributed by atoms with E-state index in [2.05, 4.69) is 14.9 Å². The molecule has 5 nitrogen and oxygen atoms in total. The van der Waals surface area contributed by atoms with Crippen LogP contribution < -0.4 is 15.4 Å². The average Bonchev–Trinajstić information content (AvgIpc) is 3.08. The molecule has 5 heteroatoms. The number of aryl methyl sites for hydroxylation is 1. The zero-order chi connectivity index (χ0) is 11.5. The SMILES string of the molecule is COc1cc(N(CCN)C2CC2)nc(C)n1. The van der Waals surface area contributed by atoms with Gasteiger partial charge in [-0.15, -0.1) is 0 Å². The van der Waals surface area contributed by atoms with E-state index in [9.17, 15) is 0 Å². The van der Waals surface area contributed by atoms with Crippen LogP contribution in [0.1, 0.15) is 18.7 Å². The van der Waals surface area contributed by atoms with Crippen LogP contribution in [0.5, 0.6) is 5.88 Å². The first-order chi connectivity index (χ1) is 7.74. The second-order valence-corrected chi connectivity index (χ2v) is 4.03. The van der Waals surface area contributed by atoms with Gasteiger partial charge in [0.2, 0.25) is 5.88 Å². The lowest BCUT2D eigenvalue weighted by Gasteiger charge is -2.23. The molecule has 16 heavy (non-hydrogen) atoms. The Labute approximate surface area is 95.6 Å². The van der Waals surface area contributed by atoms with Gasteiger partial charge in [-0.1, -0.05) is 0 Å². The largest absolute Gasteiger partial charge is 0.481 e. The Hall–Kier alpha value is -1.36. The summed E-state index contributed by atoms with van der Waals surface area (Å²) in [6, 6.07) is 2.48. The van der Waals surface area contributed by atoms with Crippen molar-refractivity contribution in [3.63, 3.8) is 0 Å². The van der Waals surface area contributed by atoms with Gasteiger partial charge >= 0.3 is 0 Å². The Morgan fingerprint density at radius 2 is 2.25 bits per heavy atom. The number of hydrogen-bond donors (Lipinski definition) is 1. The van der Waals surface area contributed by atoms with E-state index in [-0.39, 0.29) is 0 Å². The number of methoxy groups -OCH3 is 1. The van der Waals surface area contributed by atoms with Crippen molar-refractivity contribution >= 4 is 5.82 Å². The molecule has 1 aromatic rings. The van der Waals surface area contributed by atoms with Crippen molar-refractivity contribution in [3.05, 3.63) is 11.9 Å². The van der Waals surface area contributed by atoms with Crippen molar-refractivity contribution in [2.75, 3.05) is 25.1 Å². The smallest absolute Gasteiger partial charge is 0.218 e. The summed E-state index contributed by atoms with van der Waals surface area (Å²) >= 11 is 0. The molecule has 2 rings (SSSR count). The number of nitrogens with zero attached hydrogens (tertiary/aromatic N) is 3. The molecule has 88 valence electrons. The standard InChI is InChI=1S/C11H18N4O/c1-8-13-10(7-11(14-8)16-2)15(6-5-12)9-3-4-9/h7,9H,3-6,12H2,1-2H3. The maximum atomic E-state index is 5.62. The number of anilines is 1. The minimum Gasteiger partial charge on any atom is -0.481 e. The van der Waals surface area contributed by atoms with Gasteiger partial charge in [-0.2, -0.15) is 4.98 Å². The lowest BCUT2D eigenvalue weighted by atomic mass is 10.4. The summed E-state index contributed by atoms with van der Waals surface area (Å²) in [6.07, 6.45) is 2.46. The van der Waals surface area contributed by atoms with Crippen molar-refractivity contribution in [1.29, 1.82) is 0 Å². The molecule has 1 aliphatic carbocycles. The summed E-state index contributed by atoms with van der Waals surface area (Å²) in [6.45, 7) is 3.35. The Balaban J connectivity index is 2.25. The second-order valence-electron chi connectivity index (χ2n) is 4.03. The zero-order valence-electron chi connectivity index (χ0n) is 9.81. The van der Waals surface area contributed by atoms with Gasteiger partial charge in [0.05, 0.1) is 7.11 Å². The second kappa shape index (κ2) is 4.65. The normalized spacial score (nSPS) is 14.9. The van der Waals surface area contributed by atoms with E-state index in [1.54, 1.807) is 7.11 Å². The minimum atomic E-state index is 0.600. The molecule has 0 spiro atoms. The minimum absolute atomic E-state index is 0.600. The Morgan fingerprint density at radius 1 is 1.50 bits per heavy atom. The quantitative estimate of drug-likeness (QED) is 0.795. The van der Waals surface area contributed by atoms with Crippen molar-refractivity contribution in [2.45, 2.75) is 25.8 Å². The first-order valence-electron chi connectivity index (χ1n) is 5.61. The fraction of sp³-hybridized carbons (Fsp3) is 0.636. The number of rotatable bonds is 5. The third-order valence-corrected chi connectivity index (χ3v) is 2.66. The van der Waals surface area contributed by atoms with E-state index in [0.29, 0.717) is 18.5 Å². The Bertz CT molecular complexity index is 365. The molecule has 0 aliphatic heterocycles. The molecular formula is C11H18N4O. The predicted octanol–water partition coefficient (Wildman–Crippen LogP) is 0.721. The fourth-order valence-electron chi connectivity index (χ4n) is 1.79. The van der Waals surface area contributed by atoms with E-state index in [4.69, 9.17) is 10.5 Å². The van der Waals surface area contributed by atoms with Crippen molar-refractivity contribution in [3.8, 4) is 5.88 Å². The summed E-state index contributed by atoms with van der Waals surface area (Å²) in [4.78, 5) is 10.9. The van der Waals surface area contributed by atoms with E-state index in [1.807, 2.05) is 13.0 Å². The first kappa shape index (κ1) is 11.1. The molecule has 0 saturated heterocycles. The van der Waals surface area contributed by atoms with Crippen LogP contribution in [0.4, 0.5) is 5.82 Å². The van der Waals surface area contributed by atoms with Crippen molar-refractivity contribution in [1.82, 2.24) is 9.97 Å². The van der Waals surface area contributed by atoms with E-state index in [0.717, 1.165) is 18.2 Å². The monoisotopic (exact) mass is 222 g/mol. The number of ether oxygens (including phenoxy) is 1. The van der Waals surface area contributed by atoms with Gasteiger partial charge < -0.3 is 15.4 Å². The average molecular weight is 222 g/mol. The van der Waals surface area contributed by atoms with Crippen LogP contribution in [-0.2, 0) is 0 Å². The highest BCUT2D eigenvalue weighted by molar-refractivity contribution is 5.44. The maximum absolute atomic E-state index is 5.62. The molecule has 1 heterocycles. The van der Waals surface area contributed by atoms with Crippen molar-refractivity contribution < 1.29 is 4.74 Å². The van der Waals surface area contributed by atoms with Crippen LogP contribution in [0.25, 0.3) is 0 Å². The van der Waals surface area contributed by atoms with Crippen LogP contribution in [-0.4, -0.2) is 36.2 Å². The fourth-order valence-corrected chi connectivity index (χ4v) is 1.79. The highest BCUT2D eigenvalue weighted by atomic mass is 16.5. The summed E-state index contributed by atoms with van der Waals surface area (Å²) in [5.41, 5.74) is 5.62.